The van der Waals surface area contributed by atoms with Crippen LogP contribution in [0.3, 0.4) is 0 Å². The van der Waals surface area contributed by atoms with Crippen LogP contribution >= 0.6 is 0 Å². The molecular formula is C58H48N4. The third kappa shape index (κ3) is 8.09. The minimum Gasteiger partial charge on any atom is -0.305 e. The maximum absolute atomic E-state index is 9.57. The zero-order valence-electron chi connectivity index (χ0n) is 36.6. The summed E-state index contributed by atoms with van der Waals surface area (Å²) < 4.78 is 4.71. The van der Waals surface area contributed by atoms with E-state index in [0.717, 1.165) is 78.3 Å². The smallest absolute Gasteiger partial charge is 0.0991 e. The van der Waals surface area contributed by atoms with E-state index in [2.05, 4.69) is 197 Å². The van der Waals surface area contributed by atoms with E-state index in [1.807, 2.05) is 48.5 Å². The first-order chi connectivity index (χ1) is 29.7. The second-order valence-corrected chi connectivity index (χ2v) is 18.0. The van der Waals surface area contributed by atoms with Crippen molar-refractivity contribution in [2.45, 2.75) is 66.2 Å². The van der Waals surface area contributed by atoms with Crippen LogP contribution in [0.4, 0.5) is 0 Å². The van der Waals surface area contributed by atoms with E-state index >= 15 is 0 Å². The molecule has 0 aliphatic carbocycles. The Balaban J connectivity index is 1.60. The van der Waals surface area contributed by atoms with Crippen molar-refractivity contribution in [3.05, 3.63) is 201 Å². The number of hydrogen-bond acceptors (Lipinski definition) is 2. The van der Waals surface area contributed by atoms with Gasteiger partial charge in [0.05, 0.1) is 56.8 Å². The van der Waals surface area contributed by atoms with Gasteiger partial charge in [-0.25, -0.2) is 0 Å². The van der Waals surface area contributed by atoms with Crippen LogP contribution in [0.2, 0.25) is 0 Å². The van der Waals surface area contributed by atoms with Crippen LogP contribution in [0.1, 0.15) is 97.2 Å². The van der Waals surface area contributed by atoms with Gasteiger partial charge in [0.15, 0.2) is 0 Å². The molecule has 0 saturated carbocycles. The predicted molar refractivity (Wildman–Crippen MR) is 255 cm³/mol. The highest BCUT2D eigenvalue weighted by Crippen LogP contribution is 2.45. The maximum Gasteiger partial charge on any atom is 0.0991 e. The molecule has 8 rings (SSSR count). The molecule has 0 N–H and O–H groups in total. The van der Waals surface area contributed by atoms with Gasteiger partial charge in [-0.05, 0) is 120 Å². The normalized spacial score (nSPS) is 11.3. The summed E-state index contributed by atoms with van der Waals surface area (Å²) in [5, 5.41) is 19.1. The molecule has 2 heterocycles. The first kappa shape index (κ1) is 41.0. The van der Waals surface area contributed by atoms with Crippen LogP contribution in [0, 0.1) is 60.2 Å². The molecule has 8 aromatic rings. The number of hydrogen-bond donors (Lipinski definition) is 0. The number of benzene rings is 6. The van der Waals surface area contributed by atoms with Crippen molar-refractivity contribution in [1.29, 1.82) is 10.5 Å². The minimum atomic E-state index is -0.0407. The topological polar surface area (TPSA) is 57.4 Å². The molecule has 0 unspecified atom stereocenters. The fourth-order valence-electron chi connectivity index (χ4n) is 7.81. The van der Waals surface area contributed by atoms with Crippen molar-refractivity contribution < 1.29 is 0 Å². The SMILES string of the molecule is Cc1ccc(-c2c(C#Cc3ccc(C#N)cc3)c3c(c(C#Cc4ccc(C#N)cc4)c(-c4ccc(C)cc4)n3-c3ccc(C(C)(C)C)cc3)n2-c2ccc(C(C)(C)C)cc2)cc1. The second kappa shape index (κ2) is 16.4. The van der Waals surface area contributed by atoms with Gasteiger partial charge < -0.3 is 9.13 Å². The molecule has 0 aliphatic rings. The molecule has 300 valence electrons. The predicted octanol–water partition coefficient (Wildman–Crippen LogP) is 13.5. The van der Waals surface area contributed by atoms with Gasteiger partial charge in [0.25, 0.3) is 0 Å². The monoisotopic (exact) mass is 800 g/mol. The lowest BCUT2D eigenvalue weighted by Gasteiger charge is -2.20. The second-order valence-electron chi connectivity index (χ2n) is 18.0. The fraction of sp³-hybridized carbons (Fsp3) is 0.172. The van der Waals surface area contributed by atoms with Crippen molar-refractivity contribution in [1.82, 2.24) is 9.13 Å². The molecule has 62 heavy (non-hydrogen) atoms. The molecule has 0 radical (unpaired) electrons. The summed E-state index contributed by atoms with van der Waals surface area (Å²) in [6.45, 7) is 17.6. The van der Waals surface area contributed by atoms with E-state index < -0.39 is 0 Å². The first-order valence-corrected chi connectivity index (χ1v) is 21.0. The van der Waals surface area contributed by atoms with Crippen molar-refractivity contribution in [3.63, 3.8) is 0 Å². The standard InChI is InChI=1S/C58H48N4/c1-39-9-23-45(24-10-39)53-51(35-21-41-13-17-43(37-59)18-14-41)55-56(61(53)49-31-27-47(28-32-49)57(3,4)5)52(36-22-42-15-19-44(38-60)20-16-42)54(46-25-11-40(2)12-26-46)62(55)50-33-29-48(30-34-50)58(6,7)8/h9-20,23-34H,1-8H3. The molecule has 6 aromatic carbocycles. The van der Waals surface area contributed by atoms with Crippen LogP contribution in [-0.2, 0) is 10.8 Å². The van der Waals surface area contributed by atoms with Gasteiger partial charge in [0.2, 0.25) is 0 Å². The van der Waals surface area contributed by atoms with Crippen LogP contribution in [0.15, 0.2) is 146 Å². The molecule has 0 aliphatic heterocycles. The molecule has 0 saturated heterocycles. The Morgan fingerprint density at radius 3 is 0.968 bits per heavy atom. The highest BCUT2D eigenvalue weighted by atomic mass is 15.1. The van der Waals surface area contributed by atoms with E-state index in [4.69, 9.17) is 0 Å². The summed E-state index contributed by atoms with van der Waals surface area (Å²) in [6, 6.07) is 54.5. The maximum atomic E-state index is 9.57. The number of rotatable bonds is 4. The molecule has 0 atom stereocenters. The van der Waals surface area contributed by atoms with Crippen molar-refractivity contribution in [3.8, 4) is 69.7 Å². The van der Waals surface area contributed by atoms with E-state index in [1.54, 1.807) is 0 Å². The zero-order valence-corrected chi connectivity index (χ0v) is 36.6. The molecular weight excluding hydrogens is 753 g/mol. The third-order valence-electron chi connectivity index (χ3n) is 11.4. The number of aryl methyl sites for hydroxylation is 2. The van der Waals surface area contributed by atoms with Gasteiger partial charge in [0, 0.05) is 22.5 Å². The lowest BCUT2D eigenvalue weighted by Crippen LogP contribution is -2.11. The molecule has 4 nitrogen and oxygen atoms in total. The van der Waals surface area contributed by atoms with Gasteiger partial charge in [-0.2, -0.15) is 10.5 Å². The number of nitriles is 2. The van der Waals surface area contributed by atoms with E-state index in [0.29, 0.717) is 11.1 Å². The van der Waals surface area contributed by atoms with E-state index in [-0.39, 0.29) is 10.8 Å². The Hall–Kier alpha value is -7.76. The zero-order chi connectivity index (χ0) is 43.8. The summed E-state index contributed by atoms with van der Waals surface area (Å²) in [5.74, 6) is 14.5. The number of nitrogens with zero attached hydrogens (tertiary/aromatic N) is 4. The summed E-state index contributed by atoms with van der Waals surface area (Å²) in [5.41, 5.74) is 17.0. The van der Waals surface area contributed by atoms with Crippen LogP contribution in [0.5, 0.6) is 0 Å². The van der Waals surface area contributed by atoms with Gasteiger partial charge in [-0.15, -0.1) is 0 Å². The molecule has 0 bridgehead atoms. The first-order valence-electron chi connectivity index (χ1n) is 21.0. The Morgan fingerprint density at radius 1 is 0.371 bits per heavy atom. The lowest BCUT2D eigenvalue weighted by molar-refractivity contribution is 0.590. The lowest BCUT2D eigenvalue weighted by atomic mass is 9.87. The summed E-state index contributed by atoms with van der Waals surface area (Å²) >= 11 is 0. The van der Waals surface area contributed by atoms with Gasteiger partial charge in [0.1, 0.15) is 0 Å². The van der Waals surface area contributed by atoms with Gasteiger partial charge >= 0.3 is 0 Å². The molecule has 4 heteroatoms. The Bertz CT molecular complexity index is 2940. The Morgan fingerprint density at radius 2 is 0.677 bits per heavy atom. The summed E-state index contributed by atoms with van der Waals surface area (Å²) in [7, 11) is 0. The highest BCUT2D eigenvalue weighted by Gasteiger charge is 2.30. The van der Waals surface area contributed by atoms with Crippen molar-refractivity contribution >= 4 is 11.0 Å². The molecule has 0 fully saturated rings. The van der Waals surface area contributed by atoms with Crippen molar-refractivity contribution in [2.75, 3.05) is 0 Å². The average Bonchev–Trinajstić information content (AvgIpc) is 3.77. The van der Waals surface area contributed by atoms with E-state index in [1.165, 1.54) is 11.1 Å². The number of aromatic nitrogens is 2. The largest absolute Gasteiger partial charge is 0.305 e. The van der Waals surface area contributed by atoms with Crippen LogP contribution in [-0.4, -0.2) is 9.13 Å². The average molecular weight is 801 g/mol. The van der Waals surface area contributed by atoms with Gasteiger partial charge in [-0.1, -0.05) is 149 Å². The summed E-state index contributed by atoms with van der Waals surface area (Å²) in [6.07, 6.45) is 0. The van der Waals surface area contributed by atoms with E-state index in [9.17, 15) is 10.5 Å². The molecule has 0 amide bonds. The molecule has 0 spiro atoms. The summed E-state index contributed by atoms with van der Waals surface area (Å²) in [4.78, 5) is 0. The number of fused-ring (bicyclic) bond motifs is 1. The Kier molecular flexibility index (Phi) is 10.8. The van der Waals surface area contributed by atoms with Crippen LogP contribution < -0.4 is 0 Å². The van der Waals surface area contributed by atoms with Gasteiger partial charge in [-0.3, -0.25) is 0 Å². The Labute approximate surface area is 366 Å². The van der Waals surface area contributed by atoms with Crippen molar-refractivity contribution in [2.24, 2.45) is 0 Å². The molecule has 2 aromatic heterocycles. The minimum absolute atomic E-state index is 0.0407. The third-order valence-corrected chi connectivity index (χ3v) is 11.4. The quantitative estimate of drug-likeness (QED) is 0.166. The highest BCUT2D eigenvalue weighted by molar-refractivity contribution is 6.04. The van der Waals surface area contributed by atoms with Crippen LogP contribution in [0.25, 0.3) is 44.9 Å². The fourth-order valence-corrected chi connectivity index (χ4v) is 7.81.